The fourth-order valence-corrected chi connectivity index (χ4v) is 2.57. The van der Waals surface area contributed by atoms with Crippen molar-refractivity contribution in [2.24, 2.45) is 0 Å². The van der Waals surface area contributed by atoms with Crippen molar-refractivity contribution in [1.82, 2.24) is 0 Å². The Morgan fingerprint density at radius 3 is 2.48 bits per heavy atom. The fraction of sp³-hybridized carbons (Fsp3) is 0.0952. The molecule has 126 valence electrons. The van der Waals surface area contributed by atoms with Crippen LogP contribution < -0.4 is 15.8 Å². The second kappa shape index (κ2) is 7.53. The molecule has 0 saturated carbocycles. The van der Waals surface area contributed by atoms with Crippen molar-refractivity contribution in [3.63, 3.8) is 0 Å². The molecule has 3 aromatic carbocycles. The van der Waals surface area contributed by atoms with Gasteiger partial charge in [0.1, 0.15) is 11.5 Å². The fourth-order valence-electron chi connectivity index (χ4n) is 2.57. The molecule has 0 heterocycles. The lowest BCUT2D eigenvalue weighted by Gasteiger charge is -2.16. The van der Waals surface area contributed by atoms with Crippen LogP contribution in [0.5, 0.6) is 11.5 Å². The van der Waals surface area contributed by atoms with Crippen molar-refractivity contribution in [1.29, 1.82) is 0 Å². The van der Waals surface area contributed by atoms with Crippen molar-refractivity contribution in [2.75, 3.05) is 11.1 Å². The number of carbonyl (C=O) groups excluding carboxylic acids is 1. The molecule has 0 fully saturated rings. The molecule has 0 atom stereocenters. The molecule has 0 radical (unpaired) electrons. The molecule has 0 aliphatic carbocycles. The van der Waals surface area contributed by atoms with E-state index in [1.54, 1.807) is 0 Å². The highest BCUT2D eigenvalue weighted by atomic mass is 16.5. The van der Waals surface area contributed by atoms with Crippen LogP contribution in [0, 0.1) is 0 Å². The molecule has 0 aromatic heterocycles. The number of hydrogen-bond donors (Lipinski definition) is 2. The zero-order valence-electron chi connectivity index (χ0n) is 14.0. The Hall–Kier alpha value is -3.27. The number of nitrogen functional groups attached to an aromatic ring is 1. The summed E-state index contributed by atoms with van der Waals surface area (Å²) in [6.45, 7) is 1.82. The van der Waals surface area contributed by atoms with Gasteiger partial charge in [0.05, 0.1) is 5.69 Å². The molecule has 3 N–H and O–H groups in total. The van der Waals surface area contributed by atoms with Crippen LogP contribution in [0.15, 0.2) is 72.8 Å². The Labute approximate surface area is 147 Å². The van der Waals surface area contributed by atoms with Crippen LogP contribution in [0.3, 0.4) is 0 Å². The Kier molecular flexibility index (Phi) is 5.00. The van der Waals surface area contributed by atoms with Crippen molar-refractivity contribution in [3.05, 3.63) is 72.8 Å². The summed E-state index contributed by atoms with van der Waals surface area (Å²) in [5, 5.41) is 2.94. The van der Waals surface area contributed by atoms with Crippen molar-refractivity contribution < 1.29 is 9.53 Å². The van der Waals surface area contributed by atoms with Gasteiger partial charge in [-0.15, -0.1) is 0 Å². The number of amides is 1. The number of anilines is 2. The van der Waals surface area contributed by atoms with Gasteiger partial charge in [-0.2, -0.15) is 0 Å². The number of carbonyl (C=O) groups is 1. The van der Waals surface area contributed by atoms with Gasteiger partial charge in [-0.25, -0.2) is 0 Å². The maximum Gasteiger partial charge on any atom is 0.224 e. The average molecular weight is 332 g/mol. The summed E-state index contributed by atoms with van der Waals surface area (Å²) in [7, 11) is 0. The van der Waals surface area contributed by atoms with Gasteiger partial charge in [-0.1, -0.05) is 43.3 Å². The molecule has 0 unspecified atom stereocenters. The number of benzene rings is 3. The Balaban J connectivity index is 2.10. The van der Waals surface area contributed by atoms with E-state index in [4.69, 9.17) is 10.5 Å². The van der Waals surface area contributed by atoms with Crippen molar-refractivity contribution >= 4 is 17.3 Å². The zero-order chi connectivity index (χ0) is 17.6. The van der Waals surface area contributed by atoms with Gasteiger partial charge < -0.3 is 15.8 Å². The van der Waals surface area contributed by atoms with Crippen LogP contribution >= 0.6 is 0 Å². The van der Waals surface area contributed by atoms with E-state index in [1.165, 1.54) is 0 Å². The largest absolute Gasteiger partial charge is 0.457 e. The van der Waals surface area contributed by atoms with Gasteiger partial charge in [-0.3, -0.25) is 4.79 Å². The minimum absolute atomic E-state index is 0.0537. The third-order valence-corrected chi connectivity index (χ3v) is 3.77. The van der Waals surface area contributed by atoms with Gasteiger partial charge in [0.15, 0.2) is 0 Å². The molecule has 4 heteroatoms. The molecular weight excluding hydrogens is 312 g/mol. The molecule has 0 aliphatic heterocycles. The lowest BCUT2D eigenvalue weighted by Crippen LogP contribution is -2.10. The van der Waals surface area contributed by atoms with Gasteiger partial charge in [0, 0.05) is 17.7 Å². The first-order valence-corrected chi connectivity index (χ1v) is 8.19. The molecule has 3 rings (SSSR count). The highest BCUT2D eigenvalue weighted by Gasteiger charge is 2.14. The molecular formula is C21H20N2O2. The highest BCUT2D eigenvalue weighted by molar-refractivity contribution is 5.97. The number of ether oxygens (including phenoxy) is 1. The summed E-state index contributed by atoms with van der Waals surface area (Å²) in [5.74, 6) is 1.33. The standard InChI is InChI=1S/C21H20N2O2/c1-2-20(24)23-18-12-7-13-19(25-17-10-4-3-5-11-17)21(18)15-8-6-9-16(22)14-15/h3-14H,2,22H2,1H3,(H,23,24). The quantitative estimate of drug-likeness (QED) is 0.641. The monoisotopic (exact) mass is 332 g/mol. The molecule has 0 bridgehead atoms. The minimum Gasteiger partial charge on any atom is -0.457 e. The predicted octanol–water partition coefficient (Wildman–Crippen LogP) is 5.08. The molecule has 0 saturated heterocycles. The number of para-hydroxylation sites is 1. The van der Waals surface area contributed by atoms with Crippen LogP contribution in [-0.2, 0) is 4.79 Å². The van der Waals surface area contributed by atoms with Gasteiger partial charge >= 0.3 is 0 Å². The average Bonchev–Trinajstić information content (AvgIpc) is 2.62. The van der Waals surface area contributed by atoms with E-state index in [1.807, 2.05) is 79.7 Å². The van der Waals surface area contributed by atoms with Crippen LogP contribution in [0.2, 0.25) is 0 Å². The molecule has 25 heavy (non-hydrogen) atoms. The second-order valence-electron chi connectivity index (χ2n) is 5.62. The third-order valence-electron chi connectivity index (χ3n) is 3.77. The Morgan fingerprint density at radius 1 is 1.00 bits per heavy atom. The van der Waals surface area contributed by atoms with Crippen molar-refractivity contribution in [3.8, 4) is 22.6 Å². The summed E-state index contributed by atoms with van der Waals surface area (Å²) in [5.41, 5.74) is 8.99. The lowest BCUT2D eigenvalue weighted by molar-refractivity contribution is -0.115. The first kappa shape index (κ1) is 16.6. The summed E-state index contributed by atoms with van der Waals surface area (Å²) in [6.07, 6.45) is 0.403. The summed E-state index contributed by atoms with van der Waals surface area (Å²) in [6, 6.07) is 22.7. The van der Waals surface area contributed by atoms with Crippen LogP contribution in [0.1, 0.15) is 13.3 Å². The van der Waals surface area contributed by atoms with Gasteiger partial charge in [0.2, 0.25) is 5.91 Å². The summed E-state index contributed by atoms with van der Waals surface area (Å²) < 4.78 is 6.07. The SMILES string of the molecule is CCC(=O)Nc1cccc(Oc2ccccc2)c1-c1cccc(N)c1. The van der Waals surface area contributed by atoms with E-state index in [0.29, 0.717) is 23.5 Å². The van der Waals surface area contributed by atoms with E-state index < -0.39 is 0 Å². The van der Waals surface area contributed by atoms with E-state index >= 15 is 0 Å². The smallest absolute Gasteiger partial charge is 0.224 e. The van der Waals surface area contributed by atoms with E-state index in [-0.39, 0.29) is 5.91 Å². The van der Waals surface area contributed by atoms with E-state index in [9.17, 15) is 4.79 Å². The van der Waals surface area contributed by atoms with Gasteiger partial charge in [-0.05, 0) is 42.0 Å². The normalized spacial score (nSPS) is 10.3. The number of rotatable bonds is 5. The van der Waals surface area contributed by atoms with E-state index in [2.05, 4.69) is 5.32 Å². The first-order valence-electron chi connectivity index (χ1n) is 8.19. The molecule has 1 amide bonds. The van der Waals surface area contributed by atoms with Crippen LogP contribution in [0.4, 0.5) is 11.4 Å². The third kappa shape index (κ3) is 3.98. The zero-order valence-corrected chi connectivity index (χ0v) is 14.0. The minimum atomic E-state index is -0.0537. The topological polar surface area (TPSA) is 64.3 Å². The highest BCUT2D eigenvalue weighted by Crippen LogP contribution is 2.39. The maximum atomic E-state index is 11.9. The summed E-state index contributed by atoms with van der Waals surface area (Å²) >= 11 is 0. The summed E-state index contributed by atoms with van der Waals surface area (Å²) in [4.78, 5) is 11.9. The number of nitrogens with two attached hydrogens (primary N) is 1. The molecule has 3 aromatic rings. The number of nitrogens with one attached hydrogen (secondary N) is 1. The molecule has 0 spiro atoms. The van der Waals surface area contributed by atoms with Crippen molar-refractivity contribution in [2.45, 2.75) is 13.3 Å². The Bertz CT molecular complexity index is 876. The van der Waals surface area contributed by atoms with Crippen LogP contribution in [0.25, 0.3) is 11.1 Å². The predicted molar refractivity (Wildman–Crippen MR) is 102 cm³/mol. The second-order valence-corrected chi connectivity index (χ2v) is 5.62. The van der Waals surface area contributed by atoms with Gasteiger partial charge in [0.25, 0.3) is 0 Å². The number of hydrogen-bond acceptors (Lipinski definition) is 3. The maximum absolute atomic E-state index is 11.9. The van der Waals surface area contributed by atoms with Crippen LogP contribution in [-0.4, -0.2) is 5.91 Å². The first-order chi connectivity index (χ1) is 12.2. The lowest BCUT2D eigenvalue weighted by atomic mass is 10.0. The molecule has 0 aliphatic rings. The Morgan fingerprint density at radius 2 is 1.76 bits per heavy atom. The molecule has 4 nitrogen and oxygen atoms in total. The van der Waals surface area contributed by atoms with E-state index in [0.717, 1.165) is 16.9 Å².